The smallest absolute Gasteiger partial charge is 0.261 e. The zero-order chi connectivity index (χ0) is 12.7. The fraction of sp³-hybridized carbons (Fsp3) is 0.143. The molecule has 0 saturated heterocycles. The number of carbonyl (C=O) groups excluding carboxylic acids is 1. The average Bonchev–Trinajstić information content (AvgIpc) is 2.47. The molecule has 1 aliphatic heterocycles. The van der Waals surface area contributed by atoms with Crippen molar-refractivity contribution in [1.29, 1.82) is 0 Å². The van der Waals surface area contributed by atoms with Crippen LogP contribution in [0.1, 0.15) is 15.9 Å². The minimum atomic E-state index is -0.0863. The van der Waals surface area contributed by atoms with Gasteiger partial charge in [0.05, 0.1) is 5.56 Å². The SMILES string of the molecule is Cc1ccc2c(c1)Oc1ncccc1N(C)C2=O. The van der Waals surface area contributed by atoms with Crippen LogP contribution in [0.4, 0.5) is 5.69 Å². The minimum Gasteiger partial charge on any atom is -0.436 e. The van der Waals surface area contributed by atoms with Gasteiger partial charge in [0.15, 0.2) is 0 Å². The van der Waals surface area contributed by atoms with Crippen LogP contribution in [0.25, 0.3) is 0 Å². The predicted molar refractivity (Wildman–Crippen MR) is 68.2 cm³/mol. The van der Waals surface area contributed by atoms with Crippen LogP contribution < -0.4 is 9.64 Å². The van der Waals surface area contributed by atoms with Gasteiger partial charge in [0.1, 0.15) is 11.4 Å². The van der Waals surface area contributed by atoms with Crippen molar-refractivity contribution in [1.82, 2.24) is 4.98 Å². The summed E-state index contributed by atoms with van der Waals surface area (Å²) in [5.41, 5.74) is 2.28. The van der Waals surface area contributed by atoms with E-state index in [1.165, 1.54) is 0 Å². The van der Waals surface area contributed by atoms with Gasteiger partial charge in [0.25, 0.3) is 5.91 Å². The number of anilines is 1. The van der Waals surface area contributed by atoms with Gasteiger partial charge in [-0.05, 0) is 36.8 Å². The number of pyridine rings is 1. The van der Waals surface area contributed by atoms with Gasteiger partial charge in [0.2, 0.25) is 5.88 Å². The van der Waals surface area contributed by atoms with Crippen molar-refractivity contribution in [2.24, 2.45) is 0 Å². The molecule has 0 saturated carbocycles. The Morgan fingerprint density at radius 3 is 2.94 bits per heavy atom. The summed E-state index contributed by atoms with van der Waals surface area (Å²) < 4.78 is 5.75. The molecule has 1 aromatic carbocycles. The molecule has 0 radical (unpaired) electrons. The van der Waals surface area contributed by atoms with E-state index in [4.69, 9.17) is 4.74 Å². The molecule has 2 aromatic rings. The molecule has 1 aliphatic rings. The number of hydrogen-bond acceptors (Lipinski definition) is 3. The molecule has 4 nitrogen and oxygen atoms in total. The van der Waals surface area contributed by atoms with E-state index in [0.717, 1.165) is 5.56 Å². The van der Waals surface area contributed by atoms with Crippen LogP contribution >= 0.6 is 0 Å². The number of hydrogen-bond donors (Lipinski definition) is 0. The molecule has 0 bridgehead atoms. The summed E-state index contributed by atoms with van der Waals surface area (Å²) in [6.45, 7) is 1.96. The van der Waals surface area contributed by atoms with E-state index in [9.17, 15) is 4.79 Å². The Hall–Kier alpha value is -2.36. The Balaban J connectivity index is 2.24. The number of aryl methyl sites for hydroxylation is 1. The molecule has 0 aliphatic carbocycles. The number of fused-ring (bicyclic) bond motifs is 2. The number of nitrogens with zero attached hydrogens (tertiary/aromatic N) is 2. The topological polar surface area (TPSA) is 42.4 Å². The van der Waals surface area contributed by atoms with Crippen molar-refractivity contribution in [3.8, 4) is 11.6 Å². The van der Waals surface area contributed by atoms with Crippen LogP contribution in [0.2, 0.25) is 0 Å². The van der Waals surface area contributed by atoms with Crippen LogP contribution in [0.3, 0.4) is 0 Å². The number of aromatic nitrogens is 1. The third-order valence-electron chi connectivity index (χ3n) is 2.99. The maximum absolute atomic E-state index is 12.3. The third kappa shape index (κ3) is 1.54. The molecule has 3 rings (SSSR count). The molecule has 0 fully saturated rings. The Bertz CT molecular complexity index is 637. The first-order valence-corrected chi connectivity index (χ1v) is 5.68. The summed E-state index contributed by atoms with van der Waals surface area (Å²) in [4.78, 5) is 18.1. The Morgan fingerprint density at radius 1 is 1.28 bits per heavy atom. The summed E-state index contributed by atoms with van der Waals surface area (Å²) >= 11 is 0. The summed E-state index contributed by atoms with van der Waals surface area (Å²) in [6.07, 6.45) is 1.65. The number of carbonyl (C=O) groups is 1. The van der Waals surface area contributed by atoms with Crippen molar-refractivity contribution >= 4 is 11.6 Å². The van der Waals surface area contributed by atoms with Gasteiger partial charge in [-0.3, -0.25) is 4.79 Å². The molecule has 1 aromatic heterocycles. The zero-order valence-electron chi connectivity index (χ0n) is 10.2. The molecule has 1 amide bonds. The monoisotopic (exact) mass is 240 g/mol. The van der Waals surface area contributed by atoms with E-state index in [1.807, 2.05) is 25.1 Å². The van der Waals surface area contributed by atoms with Gasteiger partial charge in [-0.25, -0.2) is 4.98 Å². The van der Waals surface area contributed by atoms with E-state index in [-0.39, 0.29) is 5.91 Å². The Labute approximate surface area is 105 Å². The van der Waals surface area contributed by atoms with Crippen LogP contribution in [0.5, 0.6) is 11.6 Å². The van der Waals surface area contributed by atoms with Crippen LogP contribution in [-0.2, 0) is 0 Å². The van der Waals surface area contributed by atoms with Crippen molar-refractivity contribution in [3.63, 3.8) is 0 Å². The van der Waals surface area contributed by atoms with Gasteiger partial charge in [-0.1, -0.05) is 6.07 Å². The van der Waals surface area contributed by atoms with E-state index >= 15 is 0 Å². The molecule has 4 heteroatoms. The lowest BCUT2D eigenvalue weighted by atomic mass is 10.1. The summed E-state index contributed by atoms with van der Waals surface area (Å²) in [7, 11) is 1.72. The highest BCUT2D eigenvalue weighted by Gasteiger charge is 2.25. The normalized spacial score (nSPS) is 13.4. The first-order chi connectivity index (χ1) is 8.66. The maximum atomic E-state index is 12.3. The molecular formula is C14H12N2O2. The quantitative estimate of drug-likeness (QED) is 0.711. The second-order valence-electron chi connectivity index (χ2n) is 4.29. The van der Waals surface area contributed by atoms with Crippen molar-refractivity contribution in [3.05, 3.63) is 47.7 Å². The molecule has 0 unspecified atom stereocenters. The first kappa shape index (κ1) is 10.8. The van der Waals surface area contributed by atoms with Gasteiger partial charge < -0.3 is 9.64 Å². The van der Waals surface area contributed by atoms with Crippen LogP contribution in [-0.4, -0.2) is 17.9 Å². The molecule has 18 heavy (non-hydrogen) atoms. The van der Waals surface area contributed by atoms with Crippen molar-refractivity contribution in [2.45, 2.75) is 6.92 Å². The fourth-order valence-electron chi connectivity index (χ4n) is 2.00. The second kappa shape index (κ2) is 3.84. The second-order valence-corrected chi connectivity index (χ2v) is 4.29. The summed E-state index contributed by atoms with van der Waals surface area (Å²) in [5.74, 6) is 0.929. The fourth-order valence-corrected chi connectivity index (χ4v) is 2.00. The van der Waals surface area contributed by atoms with Gasteiger partial charge in [-0.15, -0.1) is 0 Å². The molecule has 90 valence electrons. The average molecular weight is 240 g/mol. The number of ether oxygens (including phenoxy) is 1. The van der Waals surface area contributed by atoms with E-state index in [1.54, 1.807) is 30.3 Å². The first-order valence-electron chi connectivity index (χ1n) is 5.68. The van der Waals surface area contributed by atoms with E-state index in [2.05, 4.69) is 4.98 Å². The summed E-state index contributed by atoms with van der Waals surface area (Å²) in [6, 6.07) is 9.14. The molecule has 2 heterocycles. The molecule has 0 atom stereocenters. The molecule has 0 N–H and O–H groups in total. The molecular weight excluding hydrogens is 228 g/mol. The summed E-state index contributed by atoms with van der Waals surface area (Å²) in [5, 5.41) is 0. The Morgan fingerprint density at radius 2 is 2.11 bits per heavy atom. The van der Waals surface area contributed by atoms with Gasteiger partial charge >= 0.3 is 0 Å². The number of rotatable bonds is 0. The lowest BCUT2D eigenvalue weighted by Crippen LogP contribution is -2.25. The zero-order valence-corrected chi connectivity index (χ0v) is 10.2. The number of amides is 1. The van der Waals surface area contributed by atoms with Crippen molar-refractivity contribution in [2.75, 3.05) is 11.9 Å². The van der Waals surface area contributed by atoms with E-state index < -0.39 is 0 Å². The predicted octanol–water partition coefficient (Wildman–Crippen LogP) is 2.77. The maximum Gasteiger partial charge on any atom is 0.261 e. The Kier molecular flexibility index (Phi) is 2.30. The highest BCUT2D eigenvalue weighted by Crippen LogP contribution is 2.36. The van der Waals surface area contributed by atoms with Crippen LogP contribution in [0, 0.1) is 6.92 Å². The van der Waals surface area contributed by atoms with Crippen LogP contribution in [0.15, 0.2) is 36.5 Å². The highest BCUT2D eigenvalue weighted by atomic mass is 16.5. The molecule has 0 spiro atoms. The van der Waals surface area contributed by atoms with Gasteiger partial charge in [-0.2, -0.15) is 0 Å². The minimum absolute atomic E-state index is 0.0863. The van der Waals surface area contributed by atoms with E-state index in [0.29, 0.717) is 22.9 Å². The lowest BCUT2D eigenvalue weighted by molar-refractivity contribution is 0.0993. The largest absolute Gasteiger partial charge is 0.436 e. The standard InChI is InChI=1S/C14H12N2O2/c1-9-5-6-10-12(8-9)18-13-11(4-3-7-15-13)16(2)14(10)17/h3-8H,1-2H3. The lowest BCUT2D eigenvalue weighted by Gasteiger charge is -2.14. The third-order valence-corrected chi connectivity index (χ3v) is 2.99. The van der Waals surface area contributed by atoms with Gasteiger partial charge in [0, 0.05) is 13.2 Å². The number of benzene rings is 1. The highest BCUT2D eigenvalue weighted by molar-refractivity contribution is 6.09. The van der Waals surface area contributed by atoms with Crippen molar-refractivity contribution < 1.29 is 9.53 Å².